The van der Waals surface area contributed by atoms with Gasteiger partial charge in [0.2, 0.25) is 0 Å². The highest BCUT2D eigenvalue weighted by atomic mass is 32.2. The van der Waals surface area contributed by atoms with Crippen LogP contribution in [-0.2, 0) is 4.79 Å². The Bertz CT molecular complexity index is 1660. The maximum absolute atomic E-state index is 13.5. The summed E-state index contributed by atoms with van der Waals surface area (Å²) in [5.41, 5.74) is 2.47. The van der Waals surface area contributed by atoms with Crippen molar-refractivity contribution in [2.75, 3.05) is 5.75 Å². The summed E-state index contributed by atoms with van der Waals surface area (Å²) in [7, 11) is 0. The highest BCUT2D eigenvalue weighted by Crippen LogP contribution is 2.34. The Kier molecular flexibility index (Phi) is 6.15. The van der Waals surface area contributed by atoms with Gasteiger partial charge in [-0.3, -0.25) is 9.59 Å². The van der Waals surface area contributed by atoms with E-state index in [-0.39, 0.29) is 29.1 Å². The van der Waals surface area contributed by atoms with Gasteiger partial charge in [-0.1, -0.05) is 48.2 Å². The Balaban J connectivity index is 1.27. The van der Waals surface area contributed by atoms with Crippen LogP contribution in [0.1, 0.15) is 22.9 Å². The number of aromatic nitrogens is 4. The molecule has 184 valence electrons. The number of para-hydroxylation sites is 1. The molecule has 1 aliphatic heterocycles. The van der Waals surface area contributed by atoms with E-state index in [1.165, 1.54) is 23.3 Å². The molecule has 11 heteroatoms. The fourth-order valence-corrected chi connectivity index (χ4v) is 5.63. The summed E-state index contributed by atoms with van der Waals surface area (Å²) >= 11 is 2.68. The van der Waals surface area contributed by atoms with Gasteiger partial charge >= 0.3 is 0 Å². The van der Waals surface area contributed by atoms with Crippen LogP contribution in [0.4, 0.5) is 4.39 Å². The van der Waals surface area contributed by atoms with Crippen molar-refractivity contribution in [3.63, 3.8) is 0 Å². The van der Waals surface area contributed by atoms with Crippen LogP contribution < -0.4 is 5.56 Å². The number of hydrogen-bond acceptors (Lipinski definition) is 7. The third kappa shape index (κ3) is 4.58. The van der Waals surface area contributed by atoms with Gasteiger partial charge in [-0.05, 0) is 41.3 Å². The number of nitrogens with zero attached hydrogens (tertiary/aromatic N) is 5. The summed E-state index contributed by atoms with van der Waals surface area (Å²) in [6, 6.07) is 19.1. The van der Waals surface area contributed by atoms with Crippen molar-refractivity contribution in [1.29, 1.82) is 0 Å². The van der Waals surface area contributed by atoms with Crippen molar-refractivity contribution in [3.8, 4) is 5.69 Å². The van der Waals surface area contributed by atoms with Gasteiger partial charge in [0.1, 0.15) is 11.2 Å². The molecule has 1 N–H and O–H groups in total. The molecule has 0 bridgehead atoms. The quantitative estimate of drug-likeness (QED) is 0.252. The standard InChI is InChI=1S/C26H19FN6O2S2/c27-17-10-8-16(9-11-17)21-13-20(22-7-4-12-36-22)31-33(21)23(34)15-37-26-29-24-19(25(35)30-26)14-28-32(24)18-5-2-1-3-6-18/h1-12,14,21H,13,15H2,(H,29,30,35)/t21-/m1/s1. The molecular weight excluding hydrogens is 511 g/mol. The molecule has 4 heterocycles. The van der Waals surface area contributed by atoms with Crippen molar-refractivity contribution in [3.05, 3.63) is 105 Å². The number of H-pyrrole nitrogens is 1. The average Bonchev–Trinajstić information content (AvgIpc) is 3.68. The molecule has 0 spiro atoms. The number of hydrazone groups is 1. The van der Waals surface area contributed by atoms with Gasteiger partial charge in [-0.2, -0.15) is 10.2 Å². The van der Waals surface area contributed by atoms with E-state index in [9.17, 15) is 14.0 Å². The molecule has 1 amide bonds. The van der Waals surface area contributed by atoms with E-state index in [1.807, 2.05) is 47.8 Å². The lowest BCUT2D eigenvalue weighted by Gasteiger charge is -2.21. The number of nitrogens with one attached hydrogen (secondary N) is 1. The minimum absolute atomic E-state index is 0.00678. The molecule has 1 atom stereocenters. The monoisotopic (exact) mass is 530 g/mol. The van der Waals surface area contributed by atoms with Crippen LogP contribution in [-0.4, -0.2) is 42.1 Å². The molecule has 5 aromatic rings. The lowest BCUT2D eigenvalue weighted by Crippen LogP contribution is -2.28. The summed E-state index contributed by atoms with van der Waals surface area (Å²) in [6.45, 7) is 0. The molecule has 0 fully saturated rings. The molecule has 1 aliphatic rings. The van der Waals surface area contributed by atoms with E-state index < -0.39 is 0 Å². The number of aromatic amines is 1. The van der Waals surface area contributed by atoms with Gasteiger partial charge in [0.15, 0.2) is 10.8 Å². The van der Waals surface area contributed by atoms with E-state index in [1.54, 1.807) is 28.2 Å². The molecule has 6 rings (SSSR count). The summed E-state index contributed by atoms with van der Waals surface area (Å²) in [4.78, 5) is 34.3. The minimum atomic E-state index is -0.347. The molecule has 0 saturated heterocycles. The maximum atomic E-state index is 13.5. The van der Waals surface area contributed by atoms with E-state index in [0.717, 1.165) is 33.6 Å². The number of thiophene rings is 1. The molecule has 37 heavy (non-hydrogen) atoms. The van der Waals surface area contributed by atoms with Gasteiger partial charge in [-0.15, -0.1) is 11.3 Å². The second-order valence-electron chi connectivity index (χ2n) is 8.32. The third-order valence-corrected chi connectivity index (χ3v) is 7.75. The Labute approximate surface area is 218 Å². The summed E-state index contributed by atoms with van der Waals surface area (Å²) < 4.78 is 15.1. The number of carbonyl (C=O) groups excluding carboxylic acids is 1. The lowest BCUT2D eigenvalue weighted by atomic mass is 10.0. The SMILES string of the molecule is O=C(CSc1nc2c(cnn2-c2ccccc2)c(=O)[nH]1)N1N=C(c2cccs2)C[C@@H]1c1ccc(F)cc1. The van der Waals surface area contributed by atoms with Crippen molar-refractivity contribution < 1.29 is 9.18 Å². The average molecular weight is 531 g/mol. The zero-order valence-corrected chi connectivity index (χ0v) is 20.9. The van der Waals surface area contributed by atoms with Crippen molar-refractivity contribution in [1.82, 2.24) is 24.8 Å². The van der Waals surface area contributed by atoms with Crippen LogP contribution in [0.15, 0.2) is 93.4 Å². The highest BCUT2D eigenvalue weighted by molar-refractivity contribution is 7.99. The molecule has 3 aromatic heterocycles. The first kappa shape index (κ1) is 23.3. The predicted molar refractivity (Wildman–Crippen MR) is 142 cm³/mol. The van der Waals surface area contributed by atoms with Gasteiger partial charge < -0.3 is 4.98 Å². The maximum Gasteiger partial charge on any atom is 0.262 e. The first-order chi connectivity index (χ1) is 18.1. The van der Waals surface area contributed by atoms with Crippen molar-refractivity contribution in [2.45, 2.75) is 17.6 Å². The van der Waals surface area contributed by atoms with E-state index in [2.05, 4.69) is 20.2 Å². The topological polar surface area (TPSA) is 96.2 Å². The largest absolute Gasteiger partial charge is 0.301 e. The molecular formula is C26H19FN6O2S2. The van der Waals surface area contributed by atoms with E-state index in [0.29, 0.717) is 22.6 Å². The summed E-state index contributed by atoms with van der Waals surface area (Å²) in [6.07, 6.45) is 2.01. The van der Waals surface area contributed by atoms with Crippen LogP contribution in [0.3, 0.4) is 0 Å². The Morgan fingerprint density at radius 2 is 1.92 bits per heavy atom. The Morgan fingerprint density at radius 3 is 2.68 bits per heavy atom. The zero-order chi connectivity index (χ0) is 25.4. The number of thioether (sulfide) groups is 1. The number of halogens is 1. The van der Waals surface area contributed by atoms with Crippen LogP contribution in [0, 0.1) is 5.82 Å². The Hall–Kier alpha value is -4.09. The number of carbonyl (C=O) groups is 1. The first-order valence-electron chi connectivity index (χ1n) is 11.4. The molecule has 0 radical (unpaired) electrons. The van der Waals surface area contributed by atoms with Crippen molar-refractivity contribution >= 4 is 45.8 Å². The fraction of sp³-hybridized carbons (Fsp3) is 0.115. The molecule has 0 aliphatic carbocycles. The minimum Gasteiger partial charge on any atom is -0.301 e. The Morgan fingerprint density at radius 1 is 1.11 bits per heavy atom. The fourth-order valence-electron chi connectivity index (χ4n) is 4.20. The van der Waals surface area contributed by atoms with Gasteiger partial charge in [0.25, 0.3) is 11.5 Å². The van der Waals surface area contributed by atoms with Gasteiger partial charge in [0.05, 0.1) is 34.3 Å². The smallest absolute Gasteiger partial charge is 0.262 e. The second kappa shape index (κ2) is 9.75. The van der Waals surface area contributed by atoms with Crippen molar-refractivity contribution in [2.24, 2.45) is 5.10 Å². The molecule has 2 aromatic carbocycles. The molecule has 0 unspecified atom stereocenters. The summed E-state index contributed by atoms with van der Waals surface area (Å²) in [5.74, 6) is -0.577. The van der Waals surface area contributed by atoms with Crippen LogP contribution in [0.5, 0.6) is 0 Å². The number of hydrogen-bond donors (Lipinski definition) is 1. The predicted octanol–water partition coefficient (Wildman–Crippen LogP) is 4.78. The normalized spacial score (nSPS) is 15.3. The highest BCUT2D eigenvalue weighted by Gasteiger charge is 2.33. The summed E-state index contributed by atoms with van der Waals surface area (Å²) in [5, 5.41) is 13.0. The number of rotatable bonds is 6. The zero-order valence-electron chi connectivity index (χ0n) is 19.2. The molecule has 8 nitrogen and oxygen atoms in total. The number of fused-ring (bicyclic) bond motifs is 1. The van der Waals surface area contributed by atoms with Gasteiger partial charge in [-0.25, -0.2) is 19.1 Å². The second-order valence-corrected chi connectivity index (χ2v) is 10.2. The lowest BCUT2D eigenvalue weighted by molar-refractivity contribution is -0.130. The van der Waals surface area contributed by atoms with Crippen LogP contribution >= 0.6 is 23.1 Å². The van der Waals surface area contributed by atoms with E-state index in [4.69, 9.17) is 0 Å². The molecule has 0 saturated carbocycles. The van der Waals surface area contributed by atoms with E-state index >= 15 is 0 Å². The van der Waals surface area contributed by atoms with Gasteiger partial charge in [0, 0.05) is 6.42 Å². The number of amides is 1. The van der Waals surface area contributed by atoms with Crippen LogP contribution in [0.2, 0.25) is 0 Å². The first-order valence-corrected chi connectivity index (χ1v) is 13.3. The number of benzene rings is 2. The third-order valence-electron chi connectivity index (χ3n) is 5.98. The van der Waals surface area contributed by atoms with Crippen LogP contribution in [0.25, 0.3) is 16.7 Å².